The van der Waals surface area contributed by atoms with Crippen LogP contribution in [0.5, 0.6) is 0 Å². The van der Waals surface area contributed by atoms with E-state index < -0.39 is 11.7 Å². The van der Waals surface area contributed by atoms with Crippen LogP contribution in [0.2, 0.25) is 0 Å². The maximum atomic E-state index is 10.8. The second kappa shape index (κ2) is 4.11. The van der Waals surface area contributed by atoms with Crippen molar-refractivity contribution >= 4 is 12.3 Å². The Hall–Kier alpha value is -0.860. The number of amides is 1. The molecule has 0 N–H and O–H groups in total. The maximum Gasteiger partial charge on any atom is 0.433 e. The summed E-state index contributed by atoms with van der Waals surface area (Å²) in [5.74, 6) is 0. The van der Waals surface area contributed by atoms with E-state index in [1.54, 1.807) is 0 Å². The molecule has 0 aliphatic rings. The van der Waals surface area contributed by atoms with Crippen molar-refractivity contribution in [2.45, 2.75) is 39.7 Å². The van der Waals surface area contributed by atoms with E-state index >= 15 is 0 Å². The number of ether oxygens (including phenoxy) is 1. The van der Waals surface area contributed by atoms with E-state index in [9.17, 15) is 4.79 Å². The molecule has 3 nitrogen and oxygen atoms in total. The SMILES string of the molecule is CC/C=N/C(=O)OC(C)(C)C. The molecule has 0 aliphatic heterocycles. The molecule has 64 valence electrons. The molecule has 0 aromatic carbocycles. The first-order chi connectivity index (χ1) is 4.95. The number of hydrogen-bond donors (Lipinski definition) is 0. The highest BCUT2D eigenvalue weighted by molar-refractivity contribution is 5.79. The van der Waals surface area contributed by atoms with Crippen LogP contribution in [0, 0.1) is 0 Å². The Kier molecular flexibility index (Phi) is 3.79. The van der Waals surface area contributed by atoms with Gasteiger partial charge in [-0.1, -0.05) is 6.92 Å². The highest BCUT2D eigenvalue weighted by Gasteiger charge is 2.14. The minimum absolute atomic E-state index is 0.442. The number of carbonyl (C=O) groups excluding carboxylic acids is 1. The van der Waals surface area contributed by atoms with E-state index in [1.807, 2.05) is 27.7 Å². The van der Waals surface area contributed by atoms with Crippen LogP contribution in [0.15, 0.2) is 4.99 Å². The number of carbonyl (C=O) groups is 1. The lowest BCUT2D eigenvalue weighted by molar-refractivity contribution is 0.0605. The van der Waals surface area contributed by atoms with Crippen LogP contribution in [-0.4, -0.2) is 17.9 Å². The monoisotopic (exact) mass is 157 g/mol. The molecule has 11 heavy (non-hydrogen) atoms. The summed E-state index contributed by atoms with van der Waals surface area (Å²) in [6, 6.07) is 0. The Balaban J connectivity index is 3.80. The fourth-order valence-electron chi connectivity index (χ4n) is 0.454. The van der Waals surface area contributed by atoms with E-state index in [1.165, 1.54) is 6.21 Å². The number of aliphatic imine (C=N–C) groups is 1. The van der Waals surface area contributed by atoms with Gasteiger partial charge in [-0.25, -0.2) is 4.79 Å². The van der Waals surface area contributed by atoms with Gasteiger partial charge in [0.25, 0.3) is 0 Å². The van der Waals surface area contributed by atoms with E-state index in [4.69, 9.17) is 4.74 Å². The van der Waals surface area contributed by atoms with E-state index in [2.05, 4.69) is 4.99 Å². The zero-order valence-electron chi connectivity index (χ0n) is 7.55. The van der Waals surface area contributed by atoms with Crippen LogP contribution in [0.25, 0.3) is 0 Å². The highest BCUT2D eigenvalue weighted by atomic mass is 16.6. The first-order valence-corrected chi connectivity index (χ1v) is 3.71. The Labute approximate surface area is 67.5 Å². The molecular formula is C8H15NO2. The molecule has 0 atom stereocenters. The summed E-state index contributed by atoms with van der Waals surface area (Å²) >= 11 is 0. The molecule has 0 heterocycles. The van der Waals surface area contributed by atoms with Crippen LogP contribution in [0.1, 0.15) is 34.1 Å². The van der Waals surface area contributed by atoms with Gasteiger partial charge in [0.15, 0.2) is 0 Å². The van der Waals surface area contributed by atoms with Crippen molar-refractivity contribution in [1.82, 2.24) is 0 Å². The fraction of sp³-hybridized carbons (Fsp3) is 0.750. The fourth-order valence-corrected chi connectivity index (χ4v) is 0.454. The standard InChI is InChI=1S/C8H15NO2/c1-5-6-9-7(10)11-8(2,3)4/h6H,5H2,1-4H3/b9-6+. The molecule has 0 saturated carbocycles. The lowest BCUT2D eigenvalue weighted by atomic mass is 10.2. The molecule has 0 aromatic heterocycles. The van der Waals surface area contributed by atoms with Gasteiger partial charge in [0.2, 0.25) is 0 Å². The van der Waals surface area contributed by atoms with Gasteiger partial charge >= 0.3 is 6.09 Å². The molecular weight excluding hydrogens is 142 g/mol. The van der Waals surface area contributed by atoms with Gasteiger partial charge in [0.1, 0.15) is 5.60 Å². The third-order valence-corrected chi connectivity index (χ3v) is 0.773. The zero-order chi connectivity index (χ0) is 8.91. The minimum Gasteiger partial charge on any atom is -0.442 e. The molecule has 0 unspecified atom stereocenters. The summed E-state index contributed by atoms with van der Waals surface area (Å²) in [7, 11) is 0. The van der Waals surface area contributed by atoms with E-state index in [0.717, 1.165) is 6.42 Å². The summed E-state index contributed by atoms with van der Waals surface area (Å²) in [4.78, 5) is 14.3. The summed E-state index contributed by atoms with van der Waals surface area (Å²) in [6.07, 6.45) is 1.77. The molecule has 0 spiro atoms. The van der Waals surface area contributed by atoms with Crippen molar-refractivity contribution < 1.29 is 9.53 Å². The minimum atomic E-state index is -0.514. The molecule has 1 amide bonds. The average Bonchev–Trinajstić information content (AvgIpc) is 1.79. The normalized spacial score (nSPS) is 12.0. The van der Waals surface area contributed by atoms with E-state index in [-0.39, 0.29) is 0 Å². The van der Waals surface area contributed by atoms with Crippen molar-refractivity contribution in [2.75, 3.05) is 0 Å². The highest BCUT2D eigenvalue weighted by Crippen LogP contribution is 2.07. The first kappa shape index (κ1) is 10.1. The third-order valence-electron chi connectivity index (χ3n) is 0.773. The van der Waals surface area contributed by atoms with Crippen LogP contribution in [0.4, 0.5) is 4.79 Å². The maximum absolute atomic E-state index is 10.8. The van der Waals surface area contributed by atoms with Gasteiger partial charge < -0.3 is 4.74 Å². The molecule has 3 heteroatoms. The molecule has 0 aromatic rings. The van der Waals surface area contributed by atoms with Gasteiger partial charge in [-0.2, -0.15) is 4.99 Å². The van der Waals surface area contributed by atoms with Crippen LogP contribution >= 0.6 is 0 Å². The van der Waals surface area contributed by atoms with Gasteiger partial charge in [0.05, 0.1) is 0 Å². The average molecular weight is 157 g/mol. The van der Waals surface area contributed by atoms with Gasteiger partial charge in [-0.3, -0.25) is 0 Å². The topological polar surface area (TPSA) is 38.7 Å². The summed E-state index contributed by atoms with van der Waals surface area (Å²) < 4.78 is 4.90. The predicted molar refractivity (Wildman–Crippen MR) is 45.0 cm³/mol. The van der Waals surface area contributed by atoms with Crippen molar-refractivity contribution in [1.29, 1.82) is 0 Å². The predicted octanol–water partition coefficient (Wildman–Crippen LogP) is 2.40. The smallest absolute Gasteiger partial charge is 0.433 e. The largest absolute Gasteiger partial charge is 0.442 e. The number of hydrogen-bond acceptors (Lipinski definition) is 2. The molecule has 0 aliphatic carbocycles. The van der Waals surface area contributed by atoms with Crippen molar-refractivity contribution in [2.24, 2.45) is 4.99 Å². The number of nitrogens with zero attached hydrogens (tertiary/aromatic N) is 1. The van der Waals surface area contributed by atoms with Gasteiger partial charge in [-0.05, 0) is 27.2 Å². The van der Waals surface area contributed by atoms with Gasteiger partial charge in [0, 0.05) is 6.21 Å². The number of rotatable bonds is 1. The first-order valence-electron chi connectivity index (χ1n) is 3.71. The van der Waals surface area contributed by atoms with Gasteiger partial charge in [-0.15, -0.1) is 0 Å². The Morgan fingerprint density at radius 2 is 2.09 bits per heavy atom. The zero-order valence-corrected chi connectivity index (χ0v) is 7.55. The lowest BCUT2D eigenvalue weighted by Crippen LogP contribution is -2.21. The van der Waals surface area contributed by atoms with Crippen LogP contribution < -0.4 is 0 Å². The molecule has 0 bridgehead atoms. The molecule has 0 rings (SSSR count). The van der Waals surface area contributed by atoms with Crippen molar-refractivity contribution in [3.8, 4) is 0 Å². The Morgan fingerprint density at radius 1 is 1.55 bits per heavy atom. The summed E-state index contributed by atoms with van der Waals surface area (Å²) in [5, 5.41) is 0. The quantitative estimate of drug-likeness (QED) is 0.548. The third kappa shape index (κ3) is 7.03. The van der Waals surface area contributed by atoms with Crippen LogP contribution in [0.3, 0.4) is 0 Å². The Bertz CT molecular complexity index is 156. The molecule has 0 saturated heterocycles. The second-order valence-electron chi connectivity index (χ2n) is 3.20. The lowest BCUT2D eigenvalue weighted by Gasteiger charge is -2.16. The molecule has 0 fully saturated rings. The van der Waals surface area contributed by atoms with E-state index in [0.29, 0.717) is 0 Å². The molecule has 0 radical (unpaired) electrons. The van der Waals surface area contributed by atoms with Crippen LogP contribution in [-0.2, 0) is 4.74 Å². The second-order valence-corrected chi connectivity index (χ2v) is 3.20. The summed E-state index contributed by atoms with van der Waals surface area (Å²) in [6.45, 7) is 7.35. The van der Waals surface area contributed by atoms with Crippen molar-refractivity contribution in [3.63, 3.8) is 0 Å². The Morgan fingerprint density at radius 3 is 2.45 bits per heavy atom. The summed E-state index contributed by atoms with van der Waals surface area (Å²) in [5.41, 5.74) is -0.442. The van der Waals surface area contributed by atoms with Crippen molar-refractivity contribution in [3.05, 3.63) is 0 Å².